The molecule has 1 heterocycles. The van der Waals surface area contributed by atoms with Gasteiger partial charge in [-0.05, 0) is 31.0 Å². The van der Waals surface area contributed by atoms with Crippen molar-refractivity contribution < 1.29 is 14.3 Å². The number of benzene rings is 1. The molecule has 0 bridgehead atoms. The first kappa shape index (κ1) is 14.4. The van der Waals surface area contributed by atoms with Gasteiger partial charge in [-0.3, -0.25) is 9.59 Å². The molecule has 1 N–H and O–H groups in total. The Morgan fingerprint density at radius 1 is 1.45 bits per heavy atom. The quantitative estimate of drug-likeness (QED) is 0.906. The maximum Gasteiger partial charge on any atom is 0.267 e. The predicted octanol–water partition coefficient (Wildman–Crippen LogP) is 1.50. The molecule has 20 heavy (non-hydrogen) atoms. The second kappa shape index (κ2) is 5.94. The van der Waals surface area contributed by atoms with Crippen molar-refractivity contribution in [1.82, 2.24) is 5.32 Å². The molecule has 1 aromatic carbocycles. The van der Waals surface area contributed by atoms with E-state index >= 15 is 0 Å². The van der Waals surface area contributed by atoms with Gasteiger partial charge in [0.1, 0.15) is 5.75 Å². The van der Waals surface area contributed by atoms with Crippen LogP contribution < -0.4 is 15.0 Å². The molecule has 1 aliphatic heterocycles. The average Bonchev–Trinajstić information content (AvgIpc) is 2.45. The summed E-state index contributed by atoms with van der Waals surface area (Å²) in [5.41, 5.74) is 1.85. The Bertz CT molecular complexity index is 528. The van der Waals surface area contributed by atoms with Crippen molar-refractivity contribution in [1.29, 1.82) is 0 Å². The minimum atomic E-state index is -0.442. The SMILES string of the molecule is CCC(=O)NCCc1ccc2c(c1)N(C)C(=O)C(C)O2. The molecule has 2 amide bonds. The number of anilines is 1. The van der Waals surface area contributed by atoms with Crippen molar-refractivity contribution in [3.05, 3.63) is 23.8 Å². The van der Waals surface area contributed by atoms with Crippen LogP contribution in [0.4, 0.5) is 5.69 Å². The molecule has 1 atom stereocenters. The normalized spacial score (nSPS) is 17.4. The highest BCUT2D eigenvalue weighted by Crippen LogP contribution is 2.33. The molecule has 1 unspecified atom stereocenters. The number of carbonyl (C=O) groups excluding carboxylic acids is 2. The highest BCUT2D eigenvalue weighted by Gasteiger charge is 2.28. The van der Waals surface area contributed by atoms with Crippen LogP contribution in [0.2, 0.25) is 0 Å². The molecule has 0 saturated heterocycles. The van der Waals surface area contributed by atoms with Crippen molar-refractivity contribution >= 4 is 17.5 Å². The monoisotopic (exact) mass is 276 g/mol. The summed E-state index contributed by atoms with van der Waals surface area (Å²) in [6, 6.07) is 5.79. The van der Waals surface area contributed by atoms with Crippen molar-refractivity contribution in [2.45, 2.75) is 32.8 Å². The van der Waals surface area contributed by atoms with Crippen LogP contribution in [0.25, 0.3) is 0 Å². The lowest BCUT2D eigenvalue weighted by Crippen LogP contribution is -2.42. The van der Waals surface area contributed by atoms with E-state index in [-0.39, 0.29) is 11.8 Å². The Balaban J connectivity index is 2.08. The Morgan fingerprint density at radius 2 is 2.20 bits per heavy atom. The van der Waals surface area contributed by atoms with Crippen LogP contribution >= 0.6 is 0 Å². The molecular weight excluding hydrogens is 256 g/mol. The fourth-order valence-corrected chi connectivity index (χ4v) is 2.18. The van der Waals surface area contributed by atoms with Crippen LogP contribution in [-0.4, -0.2) is 31.5 Å². The zero-order valence-corrected chi connectivity index (χ0v) is 12.1. The number of ether oxygens (including phenoxy) is 1. The minimum absolute atomic E-state index is 0.0473. The van der Waals surface area contributed by atoms with Crippen molar-refractivity contribution in [3.8, 4) is 5.75 Å². The number of fused-ring (bicyclic) bond motifs is 1. The number of hydrogen-bond acceptors (Lipinski definition) is 3. The van der Waals surface area contributed by atoms with Gasteiger partial charge < -0.3 is 15.0 Å². The van der Waals surface area contributed by atoms with Crippen molar-refractivity contribution in [2.24, 2.45) is 0 Å². The van der Waals surface area contributed by atoms with Crippen molar-refractivity contribution in [3.63, 3.8) is 0 Å². The summed E-state index contributed by atoms with van der Waals surface area (Å²) >= 11 is 0. The summed E-state index contributed by atoms with van der Waals surface area (Å²) < 4.78 is 5.57. The highest BCUT2D eigenvalue weighted by molar-refractivity contribution is 5.99. The molecule has 5 heteroatoms. The van der Waals surface area contributed by atoms with Gasteiger partial charge in [-0.2, -0.15) is 0 Å². The van der Waals surface area contributed by atoms with E-state index in [1.807, 2.05) is 25.1 Å². The lowest BCUT2D eigenvalue weighted by Gasteiger charge is -2.30. The molecule has 1 aliphatic rings. The second-order valence-electron chi connectivity index (χ2n) is 4.91. The van der Waals surface area contributed by atoms with Crippen LogP contribution in [0.1, 0.15) is 25.8 Å². The lowest BCUT2D eigenvalue weighted by atomic mass is 10.1. The minimum Gasteiger partial charge on any atom is -0.479 e. The summed E-state index contributed by atoms with van der Waals surface area (Å²) in [6.07, 6.45) is 0.784. The van der Waals surface area contributed by atoms with E-state index in [1.54, 1.807) is 18.9 Å². The number of carbonyl (C=O) groups is 2. The zero-order valence-electron chi connectivity index (χ0n) is 12.1. The summed E-state index contributed by atoms with van der Waals surface area (Å²) in [4.78, 5) is 24.7. The molecule has 0 aliphatic carbocycles. The van der Waals surface area contributed by atoms with Gasteiger partial charge in [0, 0.05) is 20.0 Å². The first-order valence-corrected chi connectivity index (χ1v) is 6.86. The van der Waals surface area contributed by atoms with Crippen LogP contribution in [-0.2, 0) is 16.0 Å². The van der Waals surface area contributed by atoms with Gasteiger partial charge in [-0.25, -0.2) is 0 Å². The smallest absolute Gasteiger partial charge is 0.267 e. The summed E-state index contributed by atoms with van der Waals surface area (Å²) in [7, 11) is 1.75. The van der Waals surface area contributed by atoms with Gasteiger partial charge in [-0.15, -0.1) is 0 Å². The molecule has 1 aromatic rings. The molecule has 0 saturated carbocycles. The van der Waals surface area contributed by atoms with E-state index in [0.717, 1.165) is 23.4 Å². The molecular formula is C15H20N2O3. The van der Waals surface area contributed by atoms with Crippen LogP contribution in [0.3, 0.4) is 0 Å². The number of nitrogens with one attached hydrogen (secondary N) is 1. The van der Waals surface area contributed by atoms with Crippen molar-refractivity contribution in [2.75, 3.05) is 18.5 Å². The summed E-state index contributed by atoms with van der Waals surface area (Å²) in [5, 5.41) is 2.84. The Kier molecular flexibility index (Phi) is 4.27. The standard InChI is InChI=1S/C15H20N2O3/c1-4-14(18)16-8-7-11-5-6-13-12(9-11)17(3)15(19)10(2)20-13/h5-6,9-10H,4,7-8H2,1-3H3,(H,16,18). The molecule has 0 radical (unpaired) electrons. The van der Waals surface area contributed by atoms with Crippen LogP contribution in [0.5, 0.6) is 5.75 Å². The molecule has 2 rings (SSSR count). The van der Waals surface area contributed by atoms with E-state index in [9.17, 15) is 9.59 Å². The largest absolute Gasteiger partial charge is 0.479 e. The number of nitrogens with zero attached hydrogens (tertiary/aromatic N) is 1. The first-order valence-electron chi connectivity index (χ1n) is 6.86. The number of likely N-dealkylation sites (N-methyl/N-ethyl adjacent to an activating group) is 1. The van der Waals surface area contributed by atoms with Gasteiger partial charge in [0.25, 0.3) is 5.91 Å². The third-order valence-electron chi connectivity index (χ3n) is 3.42. The van der Waals surface area contributed by atoms with Gasteiger partial charge in [0.15, 0.2) is 6.10 Å². The highest BCUT2D eigenvalue weighted by atomic mass is 16.5. The Hall–Kier alpha value is -2.04. The number of rotatable bonds is 4. The van der Waals surface area contributed by atoms with E-state index in [2.05, 4.69) is 5.32 Å². The fourth-order valence-electron chi connectivity index (χ4n) is 2.18. The first-order chi connectivity index (χ1) is 9.52. The molecule has 5 nitrogen and oxygen atoms in total. The Labute approximate surface area is 118 Å². The zero-order chi connectivity index (χ0) is 14.7. The Morgan fingerprint density at radius 3 is 2.90 bits per heavy atom. The van der Waals surface area contributed by atoms with E-state index < -0.39 is 6.10 Å². The topological polar surface area (TPSA) is 58.6 Å². The van der Waals surface area contributed by atoms with Gasteiger partial charge in [0.05, 0.1) is 5.69 Å². The van der Waals surface area contributed by atoms with Crippen LogP contribution in [0.15, 0.2) is 18.2 Å². The third kappa shape index (κ3) is 2.92. The predicted molar refractivity (Wildman–Crippen MR) is 76.9 cm³/mol. The fraction of sp³-hybridized carbons (Fsp3) is 0.467. The van der Waals surface area contributed by atoms with Gasteiger partial charge in [0.2, 0.25) is 5.91 Å². The van der Waals surface area contributed by atoms with E-state index in [4.69, 9.17) is 4.74 Å². The molecule has 0 spiro atoms. The molecule has 108 valence electrons. The number of hydrogen-bond donors (Lipinski definition) is 1. The van der Waals surface area contributed by atoms with Gasteiger partial charge in [-0.1, -0.05) is 13.0 Å². The average molecular weight is 276 g/mol. The summed E-state index contributed by atoms with van der Waals surface area (Å²) in [6.45, 7) is 4.17. The number of amides is 2. The molecule has 0 fully saturated rings. The maximum atomic E-state index is 11.9. The molecule has 0 aromatic heterocycles. The third-order valence-corrected chi connectivity index (χ3v) is 3.42. The van der Waals surface area contributed by atoms with E-state index in [0.29, 0.717) is 13.0 Å². The van der Waals surface area contributed by atoms with E-state index in [1.165, 1.54) is 0 Å². The maximum absolute atomic E-state index is 11.9. The van der Waals surface area contributed by atoms with Crippen LogP contribution in [0, 0.1) is 0 Å². The lowest BCUT2D eigenvalue weighted by molar-refractivity contribution is -0.125. The second-order valence-corrected chi connectivity index (χ2v) is 4.91. The summed E-state index contributed by atoms with van der Waals surface area (Å²) in [5.74, 6) is 0.724. The van der Waals surface area contributed by atoms with Gasteiger partial charge >= 0.3 is 0 Å².